The zero-order valence-corrected chi connectivity index (χ0v) is 46.0. The van der Waals surface area contributed by atoms with Gasteiger partial charge in [-0.05, 0) is 86.0 Å². The molecule has 7 aromatic rings. The van der Waals surface area contributed by atoms with Gasteiger partial charge in [0.05, 0.1) is 46.1 Å². The molecule has 20 heteroatoms. The van der Waals surface area contributed by atoms with Crippen molar-refractivity contribution in [1.82, 2.24) is 44.6 Å². The Balaban J connectivity index is 0.564. The first kappa shape index (κ1) is 52.6. The van der Waals surface area contributed by atoms with Crippen LogP contribution in [0.1, 0.15) is 94.7 Å². The number of anilines is 2. The van der Waals surface area contributed by atoms with Crippen LogP contribution < -0.4 is 24.6 Å². The lowest BCUT2D eigenvalue weighted by molar-refractivity contribution is -0.141. The maximum atomic E-state index is 14.3. The molecule has 1 aliphatic carbocycles. The molecule has 414 valence electrons. The number of hydrogen-bond donors (Lipinski definition) is 3. The summed E-state index contributed by atoms with van der Waals surface area (Å²) in [5.41, 5.74) is 7.34. The minimum absolute atomic E-state index is 0.0548. The van der Waals surface area contributed by atoms with Gasteiger partial charge in [0, 0.05) is 113 Å². The minimum atomic E-state index is -0.828. The number of carbonyl (C=O) groups is 2. The van der Waals surface area contributed by atoms with Gasteiger partial charge in [-0.25, -0.2) is 15.0 Å². The van der Waals surface area contributed by atoms with Gasteiger partial charge in [-0.3, -0.25) is 18.9 Å². The lowest BCUT2D eigenvalue weighted by atomic mass is 9.91. The lowest BCUT2D eigenvalue weighted by Gasteiger charge is -2.43. The summed E-state index contributed by atoms with van der Waals surface area (Å²) < 4.78 is 26.7. The Morgan fingerprint density at radius 2 is 1.66 bits per heavy atom. The van der Waals surface area contributed by atoms with Crippen LogP contribution in [0.2, 0.25) is 0 Å². The van der Waals surface area contributed by atoms with E-state index in [2.05, 4.69) is 53.3 Å². The molecule has 1 unspecified atom stereocenters. The van der Waals surface area contributed by atoms with E-state index in [0.717, 1.165) is 97.9 Å². The average Bonchev–Trinajstić information content (AvgIpc) is 4.40. The molecule has 0 radical (unpaired) electrons. The Morgan fingerprint density at radius 1 is 0.873 bits per heavy atom. The first-order chi connectivity index (χ1) is 38.4. The molecule has 5 aromatic heterocycles. The monoisotopic (exact) mass is 1090 g/mol. The molecule has 6 atom stereocenters. The number of hydrogen-bond acceptors (Lipinski definition) is 17. The highest BCUT2D eigenvalue weighted by Crippen LogP contribution is 2.39. The summed E-state index contributed by atoms with van der Waals surface area (Å²) in [7, 11) is 0. The summed E-state index contributed by atoms with van der Waals surface area (Å²) in [4.78, 5) is 56.6. The Labute approximate surface area is 463 Å². The summed E-state index contributed by atoms with van der Waals surface area (Å²) >= 11 is 1.59. The number of rotatable bonds is 18. The van der Waals surface area contributed by atoms with E-state index in [0.29, 0.717) is 59.8 Å². The molecular weight excluding hydrogens is 1020 g/mol. The number of fused-ring (bicyclic) bond motifs is 3. The van der Waals surface area contributed by atoms with Gasteiger partial charge in [-0.1, -0.05) is 50.2 Å². The predicted molar refractivity (Wildman–Crippen MR) is 298 cm³/mol. The number of β-amino-alcohol motifs (C(OH)–C–C–N with tert-alkyl or cyclic N) is 1. The molecule has 2 bridgehead atoms. The molecule has 1 saturated carbocycles. The van der Waals surface area contributed by atoms with Gasteiger partial charge in [0.15, 0.2) is 5.76 Å². The molecule has 79 heavy (non-hydrogen) atoms. The third-order valence-electron chi connectivity index (χ3n) is 16.6. The number of phenols is 1. The van der Waals surface area contributed by atoms with E-state index in [4.69, 9.17) is 28.7 Å². The van der Waals surface area contributed by atoms with E-state index < -0.39 is 18.1 Å². The van der Waals surface area contributed by atoms with Gasteiger partial charge < -0.3 is 49.0 Å². The number of carbonyl (C=O) groups excluding carboxylic acids is 2. The van der Waals surface area contributed by atoms with Gasteiger partial charge in [0.2, 0.25) is 23.5 Å². The van der Waals surface area contributed by atoms with Crippen molar-refractivity contribution in [3.8, 4) is 39.2 Å². The van der Waals surface area contributed by atoms with Gasteiger partial charge in [0.25, 0.3) is 5.88 Å². The Kier molecular flexibility index (Phi) is 15.0. The first-order valence-electron chi connectivity index (χ1n) is 27.9. The smallest absolute Gasteiger partial charge is 0.254 e. The number of phenolic OH excluding ortho intramolecular Hbond substituents is 1. The second-order valence-corrected chi connectivity index (χ2v) is 23.2. The van der Waals surface area contributed by atoms with Crippen LogP contribution in [0.5, 0.6) is 17.5 Å². The van der Waals surface area contributed by atoms with E-state index in [1.54, 1.807) is 29.5 Å². The normalized spacial score (nSPS) is 23.3. The van der Waals surface area contributed by atoms with Crippen molar-refractivity contribution >= 4 is 40.4 Å². The number of likely N-dealkylation sites (tertiary alicyclic amines) is 2. The summed E-state index contributed by atoms with van der Waals surface area (Å²) in [5, 5.41) is 28.4. The van der Waals surface area contributed by atoms with Crippen LogP contribution in [0.3, 0.4) is 0 Å². The third-order valence-corrected chi connectivity index (χ3v) is 17.6. The Hall–Kier alpha value is -7.13. The van der Waals surface area contributed by atoms with Gasteiger partial charge in [-0.15, -0.1) is 11.3 Å². The standard InChI is InChI=1S/C59H69N11O8S/c1-35(2)55(58(74)69-32-43(71)26-49(69)57(73)62-36(3)38-9-11-39(12-10-38)56-37(4)61-34-79-56)51-29-54(65-78-51)75-24-23-66-20-16-44(17-21-66)76-45-27-46(28-45)77-53-25-40(15-19-60-53)70-41-13-14-42(70)31-68(30-41)52-18-22-67-33-48(63-59(67)64-52)47-7-5-6-8-50(47)72/h5-12,15,18-19,22,25,29,33-36,41-46,49,55,71-72H,13-14,16-17,20-21,23-24,26-28,30-32H2,1-4H3,(H,62,73)/t36-,41+,42?,43+,45?,46?,49-,55+/m0/s1. The number of imidazole rings is 1. The molecule has 2 aromatic carbocycles. The fourth-order valence-electron chi connectivity index (χ4n) is 12.3. The first-order valence-corrected chi connectivity index (χ1v) is 28.8. The van der Waals surface area contributed by atoms with E-state index in [9.17, 15) is 19.8 Å². The molecule has 19 nitrogen and oxygen atoms in total. The van der Waals surface area contributed by atoms with Crippen molar-refractivity contribution in [2.45, 2.75) is 127 Å². The number of aryl methyl sites for hydroxylation is 1. The molecule has 2 amide bonds. The van der Waals surface area contributed by atoms with Gasteiger partial charge in [-0.2, -0.15) is 4.98 Å². The van der Waals surface area contributed by atoms with Crippen LogP contribution in [0.4, 0.5) is 11.5 Å². The average molecular weight is 1090 g/mol. The van der Waals surface area contributed by atoms with Crippen molar-refractivity contribution < 1.29 is 38.5 Å². The highest BCUT2D eigenvalue weighted by Gasteiger charge is 2.44. The number of aromatic nitrogens is 6. The molecule has 5 fully saturated rings. The molecule has 4 saturated heterocycles. The fourth-order valence-corrected chi connectivity index (χ4v) is 13.1. The van der Waals surface area contributed by atoms with Crippen LogP contribution in [0, 0.1) is 12.8 Å². The van der Waals surface area contributed by atoms with E-state index in [1.807, 2.05) is 92.6 Å². The van der Waals surface area contributed by atoms with E-state index in [1.165, 1.54) is 4.90 Å². The van der Waals surface area contributed by atoms with Crippen LogP contribution in [-0.2, 0) is 14.3 Å². The predicted octanol–water partition coefficient (Wildman–Crippen LogP) is 7.82. The number of piperidine rings is 1. The lowest BCUT2D eigenvalue weighted by Crippen LogP contribution is -2.54. The molecular formula is C59H69N11O8S. The number of aromatic hydroxyl groups is 1. The van der Waals surface area contributed by atoms with Crippen molar-refractivity contribution in [3.63, 3.8) is 0 Å². The van der Waals surface area contributed by atoms with Crippen LogP contribution >= 0.6 is 11.3 Å². The summed E-state index contributed by atoms with van der Waals surface area (Å²) in [6.07, 6.45) is 11.3. The molecule has 4 aliphatic heterocycles. The maximum Gasteiger partial charge on any atom is 0.254 e. The number of aliphatic hydroxyl groups excluding tert-OH is 1. The number of nitrogens with one attached hydrogen (secondary N) is 1. The number of ether oxygens (including phenoxy) is 3. The molecule has 5 aliphatic rings. The topological polar surface area (TPSA) is 209 Å². The molecule has 3 N–H and O–H groups in total. The zero-order chi connectivity index (χ0) is 54.3. The second-order valence-electron chi connectivity index (χ2n) is 22.3. The van der Waals surface area contributed by atoms with Crippen LogP contribution in [0.25, 0.3) is 27.5 Å². The molecule has 9 heterocycles. The number of piperazine rings is 1. The van der Waals surface area contributed by atoms with Crippen molar-refractivity contribution in [3.05, 3.63) is 114 Å². The third kappa shape index (κ3) is 11.2. The minimum Gasteiger partial charge on any atom is -0.507 e. The number of para-hydroxylation sites is 1. The van der Waals surface area contributed by atoms with Crippen molar-refractivity contribution in [1.29, 1.82) is 0 Å². The van der Waals surface area contributed by atoms with E-state index in [-0.39, 0.29) is 60.8 Å². The Morgan fingerprint density at radius 3 is 2.41 bits per heavy atom. The van der Waals surface area contributed by atoms with Crippen molar-refractivity contribution in [2.24, 2.45) is 5.92 Å². The number of nitrogens with zero attached hydrogens (tertiary/aromatic N) is 10. The summed E-state index contributed by atoms with van der Waals surface area (Å²) in [6.45, 7) is 12.5. The summed E-state index contributed by atoms with van der Waals surface area (Å²) in [5.74, 6) is 1.55. The quantitative estimate of drug-likeness (QED) is 0.0748. The van der Waals surface area contributed by atoms with Crippen LogP contribution in [0.15, 0.2) is 101 Å². The zero-order valence-electron chi connectivity index (χ0n) is 45.1. The largest absolute Gasteiger partial charge is 0.507 e. The number of pyridine rings is 1. The molecule has 0 spiro atoms. The molecule has 12 rings (SSSR count). The number of aliphatic hydroxyl groups is 1. The highest BCUT2D eigenvalue weighted by atomic mass is 32.1. The maximum absolute atomic E-state index is 14.3. The van der Waals surface area contributed by atoms with E-state index >= 15 is 0 Å². The Bertz CT molecular complexity index is 3250. The second kappa shape index (κ2) is 22.5. The fraction of sp³-hybridized carbons (Fsp3) is 0.475. The number of benzene rings is 2. The van der Waals surface area contributed by atoms with Gasteiger partial charge >= 0.3 is 0 Å². The number of thiazole rings is 1. The summed E-state index contributed by atoms with van der Waals surface area (Å²) in [6, 6.07) is 22.8. The van der Waals surface area contributed by atoms with Crippen LogP contribution in [-0.4, -0.2) is 150 Å². The number of amides is 2. The highest BCUT2D eigenvalue weighted by molar-refractivity contribution is 7.13. The SMILES string of the molecule is Cc1ncsc1-c1ccc([C@H](C)NC(=O)[C@@H]2C[C@@H](O)CN2C(=O)[C@@H](c2cc(OCCN3CCC(OC4CC(Oc5cc(N6C7CC[C@@H]6CN(c6ccn8cc(-c9ccccc9O)nc8n6)C7)ccn5)C4)CC3)no2)C(C)C)cc1. The van der Waals surface area contributed by atoms with Crippen molar-refractivity contribution in [2.75, 3.05) is 55.7 Å². The van der Waals surface area contributed by atoms with Gasteiger partial charge in [0.1, 0.15) is 36.2 Å².